The lowest BCUT2D eigenvalue weighted by Crippen LogP contribution is -2.13. The van der Waals surface area contributed by atoms with Gasteiger partial charge in [0.25, 0.3) is 0 Å². The fourth-order valence-electron chi connectivity index (χ4n) is 2.15. The van der Waals surface area contributed by atoms with E-state index in [-0.39, 0.29) is 0 Å². The van der Waals surface area contributed by atoms with Crippen LogP contribution in [0.2, 0.25) is 0 Å². The summed E-state index contributed by atoms with van der Waals surface area (Å²) < 4.78 is 0. The molecule has 1 aliphatic rings. The van der Waals surface area contributed by atoms with E-state index in [0.717, 1.165) is 12.5 Å². The minimum Gasteiger partial charge on any atom is -0.396 e. The minimum absolute atomic E-state index is 0.504. The van der Waals surface area contributed by atoms with E-state index in [0.29, 0.717) is 17.1 Å². The molecule has 1 fully saturated rings. The molecule has 0 spiro atoms. The Kier molecular flexibility index (Phi) is 3.25. The molecule has 84 valence electrons. The molecule has 2 rings (SSSR count). The lowest BCUT2D eigenvalue weighted by molar-refractivity contribution is 0.579. The summed E-state index contributed by atoms with van der Waals surface area (Å²) in [7, 11) is 0. The Balaban J connectivity index is 1.96. The molecule has 0 atom stereocenters. The fourth-order valence-corrected chi connectivity index (χ4v) is 2.15. The van der Waals surface area contributed by atoms with Gasteiger partial charge < -0.3 is 11.1 Å². The van der Waals surface area contributed by atoms with Crippen LogP contribution in [0.3, 0.4) is 0 Å². The maximum absolute atomic E-state index is 8.69. The summed E-state index contributed by atoms with van der Waals surface area (Å²) in [4.78, 5) is 4.15. The third-order valence-electron chi connectivity index (χ3n) is 3.08. The summed E-state index contributed by atoms with van der Waals surface area (Å²) in [5.74, 6) is 1.45. The predicted molar refractivity (Wildman–Crippen MR) is 63.8 cm³/mol. The third-order valence-corrected chi connectivity index (χ3v) is 3.08. The van der Waals surface area contributed by atoms with Crippen molar-refractivity contribution in [3.63, 3.8) is 0 Å². The zero-order valence-electron chi connectivity index (χ0n) is 9.24. The number of hydrogen-bond acceptors (Lipinski definition) is 4. The highest BCUT2D eigenvalue weighted by Crippen LogP contribution is 2.25. The van der Waals surface area contributed by atoms with Crippen LogP contribution in [0.15, 0.2) is 12.3 Å². The van der Waals surface area contributed by atoms with Crippen LogP contribution in [0.4, 0.5) is 11.5 Å². The van der Waals surface area contributed by atoms with Crippen molar-refractivity contribution >= 4 is 11.5 Å². The number of nitrogens with zero attached hydrogens (tertiary/aromatic N) is 2. The van der Waals surface area contributed by atoms with Crippen LogP contribution in [0.25, 0.3) is 0 Å². The number of nitriles is 1. The largest absolute Gasteiger partial charge is 0.396 e. The summed E-state index contributed by atoms with van der Waals surface area (Å²) in [6.45, 7) is 0.934. The lowest BCUT2D eigenvalue weighted by Gasteiger charge is -2.12. The van der Waals surface area contributed by atoms with E-state index < -0.39 is 0 Å². The molecule has 0 saturated heterocycles. The first-order valence-corrected chi connectivity index (χ1v) is 5.69. The molecular weight excluding hydrogens is 200 g/mol. The summed E-state index contributed by atoms with van der Waals surface area (Å²) in [5.41, 5.74) is 6.86. The second-order valence-electron chi connectivity index (χ2n) is 4.31. The molecule has 1 aromatic heterocycles. The number of nitrogens with two attached hydrogens (primary N) is 1. The van der Waals surface area contributed by atoms with E-state index in [1.165, 1.54) is 25.7 Å². The van der Waals surface area contributed by atoms with Crippen LogP contribution in [0, 0.1) is 17.2 Å². The SMILES string of the molecule is N#Cc1cnc(NCC2CCCC2)c(N)c1. The standard InChI is InChI=1S/C12H16N4/c13-6-10-5-11(14)12(16-8-10)15-7-9-3-1-2-4-9/h5,8-9H,1-4,7,14H2,(H,15,16). The molecule has 0 bridgehead atoms. The summed E-state index contributed by atoms with van der Waals surface area (Å²) >= 11 is 0. The maximum atomic E-state index is 8.69. The Morgan fingerprint density at radius 2 is 2.25 bits per heavy atom. The zero-order valence-corrected chi connectivity index (χ0v) is 9.24. The molecule has 0 unspecified atom stereocenters. The highest BCUT2D eigenvalue weighted by atomic mass is 15.0. The van der Waals surface area contributed by atoms with Gasteiger partial charge in [-0.2, -0.15) is 5.26 Å². The van der Waals surface area contributed by atoms with Crippen molar-refractivity contribution < 1.29 is 0 Å². The molecule has 0 aromatic carbocycles. The van der Waals surface area contributed by atoms with Gasteiger partial charge in [-0.25, -0.2) is 4.98 Å². The number of hydrogen-bond donors (Lipinski definition) is 2. The van der Waals surface area contributed by atoms with Crippen molar-refractivity contribution in [2.75, 3.05) is 17.6 Å². The average Bonchev–Trinajstić information content (AvgIpc) is 2.80. The summed E-state index contributed by atoms with van der Waals surface area (Å²) in [6.07, 6.45) is 6.81. The molecule has 0 amide bonds. The molecule has 1 aromatic rings. The van der Waals surface area contributed by atoms with Crippen molar-refractivity contribution in [1.29, 1.82) is 5.26 Å². The quantitative estimate of drug-likeness (QED) is 0.811. The second-order valence-corrected chi connectivity index (χ2v) is 4.31. The Bertz CT molecular complexity index is 402. The van der Waals surface area contributed by atoms with E-state index in [1.807, 2.05) is 6.07 Å². The fraction of sp³-hybridized carbons (Fsp3) is 0.500. The normalized spacial score (nSPS) is 15.9. The molecule has 3 N–H and O–H groups in total. The highest BCUT2D eigenvalue weighted by Gasteiger charge is 2.15. The highest BCUT2D eigenvalue weighted by molar-refractivity contribution is 5.62. The molecule has 0 aliphatic heterocycles. The Morgan fingerprint density at radius 3 is 2.88 bits per heavy atom. The lowest BCUT2D eigenvalue weighted by atomic mass is 10.1. The molecule has 16 heavy (non-hydrogen) atoms. The van der Waals surface area contributed by atoms with Gasteiger partial charge in [-0.05, 0) is 24.8 Å². The third kappa shape index (κ3) is 2.43. The minimum atomic E-state index is 0.504. The van der Waals surface area contributed by atoms with E-state index >= 15 is 0 Å². The van der Waals surface area contributed by atoms with Crippen LogP contribution in [0.5, 0.6) is 0 Å². The van der Waals surface area contributed by atoms with Gasteiger partial charge in [0.05, 0.1) is 11.3 Å². The van der Waals surface area contributed by atoms with Gasteiger partial charge in [0, 0.05) is 12.7 Å². The number of nitrogens with one attached hydrogen (secondary N) is 1. The van der Waals surface area contributed by atoms with Crippen LogP contribution >= 0.6 is 0 Å². The van der Waals surface area contributed by atoms with Gasteiger partial charge in [-0.1, -0.05) is 12.8 Å². The van der Waals surface area contributed by atoms with Crippen LogP contribution in [-0.2, 0) is 0 Å². The predicted octanol–water partition coefficient (Wildman–Crippen LogP) is 2.14. The topological polar surface area (TPSA) is 74.7 Å². The van der Waals surface area contributed by atoms with Crippen molar-refractivity contribution in [2.24, 2.45) is 5.92 Å². The van der Waals surface area contributed by atoms with E-state index in [1.54, 1.807) is 12.3 Å². The Morgan fingerprint density at radius 1 is 1.50 bits per heavy atom. The number of nitrogen functional groups attached to an aromatic ring is 1. The van der Waals surface area contributed by atoms with Crippen molar-refractivity contribution in [2.45, 2.75) is 25.7 Å². The smallest absolute Gasteiger partial charge is 0.149 e. The average molecular weight is 216 g/mol. The molecule has 1 aliphatic carbocycles. The number of rotatable bonds is 3. The van der Waals surface area contributed by atoms with Gasteiger partial charge in [0.15, 0.2) is 0 Å². The Labute approximate surface area is 95.5 Å². The molecule has 1 heterocycles. The summed E-state index contributed by atoms with van der Waals surface area (Å²) in [6, 6.07) is 3.68. The van der Waals surface area contributed by atoms with Crippen molar-refractivity contribution in [1.82, 2.24) is 4.98 Å². The molecule has 0 radical (unpaired) electrons. The van der Waals surface area contributed by atoms with E-state index in [2.05, 4.69) is 10.3 Å². The first-order chi connectivity index (χ1) is 7.79. The first-order valence-electron chi connectivity index (χ1n) is 5.69. The number of pyridine rings is 1. The maximum Gasteiger partial charge on any atom is 0.149 e. The van der Waals surface area contributed by atoms with Gasteiger partial charge in [-0.3, -0.25) is 0 Å². The molecular formula is C12H16N4. The van der Waals surface area contributed by atoms with Crippen molar-refractivity contribution in [3.05, 3.63) is 17.8 Å². The van der Waals surface area contributed by atoms with Gasteiger partial charge >= 0.3 is 0 Å². The number of aromatic nitrogens is 1. The number of anilines is 2. The monoisotopic (exact) mass is 216 g/mol. The first kappa shape index (κ1) is 10.7. The van der Waals surface area contributed by atoms with Gasteiger partial charge in [0.2, 0.25) is 0 Å². The molecule has 4 nitrogen and oxygen atoms in total. The Hall–Kier alpha value is -1.76. The van der Waals surface area contributed by atoms with Crippen LogP contribution in [0.1, 0.15) is 31.2 Å². The van der Waals surface area contributed by atoms with E-state index in [4.69, 9.17) is 11.0 Å². The van der Waals surface area contributed by atoms with Gasteiger partial charge in [-0.15, -0.1) is 0 Å². The van der Waals surface area contributed by atoms with Crippen molar-refractivity contribution in [3.8, 4) is 6.07 Å². The second kappa shape index (κ2) is 4.84. The zero-order chi connectivity index (χ0) is 11.4. The van der Waals surface area contributed by atoms with Crippen LogP contribution < -0.4 is 11.1 Å². The molecule has 1 saturated carbocycles. The summed E-state index contributed by atoms with van der Waals surface area (Å²) in [5, 5.41) is 12.0. The van der Waals surface area contributed by atoms with E-state index in [9.17, 15) is 0 Å². The van der Waals surface area contributed by atoms with Crippen LogP contribution in [-0.4, -0.2) is 11.5 Å². The van der Waals surface area contributed by atoms with Gasteiger partial charge in [0.1, 0.15) is 11.9 Å². The molecule has 4 heteroatoms.